The van der Waals surface area contributed by atoms with Crippen LogP contribution in [0.4, 0.5) is 0 Å². The standard InChI is InChI=1S/C12H24N2O2/c1-10(2)16-9-12(15)14(4)8-11-6-5-7-13(11)3/h10-11H,5-9H2,1-4H3. The number of nitrogens with zero attached hydrogens (tertiary/aromatic N) is 2. The van der Waals surface area contributed by atoms with Crippen molar-refractivity contribution >= 4 is 5.91 Å². The van der Waals surface area contributed by atoms with Crippen molar-refractivity contribution in [1.82, 2.24) is 9.80 Å². The molecule has 94 valence electrons. The molecule has 1 atom stereocenters. The Kier molecular flexibility index (Phi) is 5.22. The van der Waals surface area contributed by atoms with Crippen LogP contribution in [-0.4, -0.2) is 61.6 Å². The Morgan fingerprint density at radius 3 is 2.75 bits per heavy atom. The second-order valence-electron chi connectivity index (χ2n) is 4.91. The zero-order chi connectivity index (χ0) is 12.1. The van der Waals surface area contributed by atoms with E-state index in [4.69, 9.17) is 4.74 Å². The number of rotatable bonds is 5. The highest BCUT2D eigenvalue weighted by atomic mass is 16.5. The number of ether oxygens (including phenoxy) is 1. The fourth-order valence-electron chi connectivity index (χ4n) is 1.98. The normalized spacial score (nSPS) is 21.7. The largest absolute Gasteiger partial charge is 0.369 e. The van der Waals surface area contributed by atoms with Crippen LogP contribution in [0.15, 0.2) is 0 Å². The van der Waals surface area contributed by atoms with Crippen LogP contribution in [0.3, 0.4) is 0 Å². The molecule has 4 nitrogen and oxygen atoms in total. The summed E-state index contributed by atoms with van der Waals surface area (Å²) in [6.45, 7) is 6.05. The highest BCUT2D eigenvalue weighted by molar-refractivity contribution is 5.77. The van der Waals surface area contributed by atoms with E-state index in [0.717, 1.165) is 13.1 Å². The fraction of sp³-hybridized carbons (Fsp3) is 0.917. The summed E-state index contributed by atoms with van der Waals surface area (Å²) in [6.07, 6.45) is 2.55. The molecule has 0 radical (unpaired) electrons. The van der Waals surface area contributed by atoms with E-state index in [-0.39, 0.29) is 18.6 Å². The minimum atomic E-state index is 0.0778. The first-order valence-corrected chi connectivity index (χ1v) is 6.06. The van der Waals surface area contributed by atoms with Crippen LogP contribution in [-0.2, 0) is 9.53 Å². The maximum atomic E-state index is 11.7. The van der Waals surface area contributed by atoms with Crippen molar-refractivity contribution in [3.05, 3.63) is 0 Å². The van der Waals surface area contributed by atoms with Gasteiger partial charge in [0, 0.05) is 19.6 Å². The summed E-state index contributed by atoms with van der Waals surface area (Å²) in [5.74, 6) is 0.0778. The molecule has 0 N–H and O–H groups in total. The average molecular weight is 228 g/mol. The Morgan fingerprint density at radius 2 is 2.25 bits per heavy atom. The molecule has 0 saturated carbocycles. The van der Waals surface area contributed by atoms with Gasteiger partial charge in [-0.05, 0) is 40.3 Å². The van der Waals surface area contributed by atoms with Gasteiger partial charge in [0.05, 0.1) is 6.10 Å². The van der Waals surface area contributed by atoms with Gasteiger partial charge in [0.25, 0.3) is 0 Å². The van der Waals surface area contributed by atoms with Gasteiger partial charge in [-0.25, -0.2) is 0 Å². The number of carbonyl (C=O) groups excluding carboxylic acids is 1. The molecule has 4 heteroatoms. The lowest BCUT2D eigenvalue weighted by molar-refractivity contribution is -0.136. The smallest absolute Gasteiger partial charge is 0.248 e. The molecule has 0 aromatic rings. The lowest BCUT2D eigenvalue weighted by Crippen LogP contribution is -2.41. The van der Waals surface area contributed by atoms with Gasteiger partial charge in [-0.1, -0.05) is 0 Å². The molecule has 1 amide bonds. The summed E-state index contributed by atoms with van der Waals surface area (Å²) >= 11 is 0. The minimum absolute atomic E-state index is 0.0778. The first-order valence-electron chi connectivity index (χ1n) is 6.06. The first kappa shape index (κ1) is 13.5. The quantitative estimate of drug-likeness (QED) is 0.703. The van der Waals surface area contributed by atoms with Crippen molar-refractivity contribution in [3.8, 4) is 0 Å². The number of hydrogen-bond acceptors (Lipinski definition) is 3. The zero-order valence-electron chi connectivity index (χ0n) is 10.9. The molecule has 1 heterocycles. The Hall–Kier alpha value is -0.610. The van der Waals surface area contributed by atoms with Crippen molar-refractivity contribution in [1.29, 1.82) is 0 Å². The van der Waals surface area contributed by atoms with E-state index in [0.29, 0.717) is 6.04 Å². The molecule has 1 unspecified atom stereocenters. The van der Waals surface area contributed by atoms with Crippen molar-refractivity contribution in [3.63, 3.8) is 0 Å². The number of amides is 1. The van der Waals surface area contributed by atoms with E-state index in [1.165, 1.54) is 12.8 Å². The highest BCUT2D eigenvalue weighted by Gasteiger charge is 2.23. The van der Waals surface area contributed by atoms with E-state index in [1.54, 1.807) is 4.90 Å². The lowest BCUT2D eigenvalue weighted by atomic mass is 10.2. The second-order valence-corrected chi connectivity index (χ2v) is 4.91. The topological polar surface area (TPSA) is 32.8 Å². The minimum Gasteiger partial charge on any atom is -0.369 e. The van der Waals surface area contributed by atoms with E-state index in [9.17, 15) is 4.79 Å². The SMILES string of the molecule is CC(C)OCC(=O)N(C)CC1CCCN1C. The predicted octanol–water partition coefficient (Wildman–Crippen LogP) is 0.964. The van der Waals surface area contributed by atoms with Crippen LogP contribution in [0.1, 0.15) is 26.7 Å². The van der Waals surface area contributed by atoms with Crippen LogP contribution >= 0.6 is 0 Å². The second kappa shape index (κ2) is 6.21. The molecule has 0 bridgehead atoms. The molecule has 1 aliphatic rings. The van der Waals surface area contributed by atoms with Gasteiger partial charge < -0.3 is 14.5 Å². The Morgan fingerprint density at radius 1 is 1.56 bits per heavy atom. The predicted molar refractivity (Wildman–Crippen MR) is 64.4 cm³/mol. The van der Waals surface area contributed by atoms with Crippen molar-refractivity contribution < 1.29 is 9.53 Å². The van der Waals surface area contributed by atoms with Crippen molar-refractivity contribution in [2.75, 3.05) is 33.8 Å². The van der Waals surface area contributed by atoms with Crippen LogP contribution in [0.2, 0.25) is 0 Å². The molecule has 16 heavy (non-hydrogen) atoms. The molecular formula is C12H24N2O2. The third-order valence-electron chi connectivity index (χ3n) is 3.12. The Balaban J connectivity index is 2.28. The van der Waals surface area contributed by atoms with Gasteiger partial charge in [-0.3, -0.25) is 4.79 Å². The fourth-order valence-corrected chi connectivity index (χ4v) is 1.98. The monoisotopic (exact) mass is 228 g/mol. The molecule has 1 aliphatic heterocycles. The number of likely N-dealkylation sites (N-methyl/N-ethyl adjacent to an activating group) is 2. The van der Waals surface area contributed by atoms with E-state index < -0.39 is 0 Å². The van der Waals surface area contributed by atoms with Gasteiger partial charge in [0.2, 0.25) is 5.91 Å². The van der Waals surface area contributed by atoms with Crippen molar-refractivity contribution in [2.45, 2.75) is 38.8 Å². The van der Waals surface area contributed by atoms with Gasteiger partial charge in [0.1, 0.15) is 6.61 Å². The molecule has 1 rings (SSSR count). The summed E-state index contributed by atoms with van der Waals surface area (Å²) < 4.78 is 5.31. The van der Waals surface area contributed by atoms with E-state index in [2.05, 4.69) is 11.9 Å². The maximum absolute atomic E-state index is 11.7. The van der Waals surface area contributed by atoms with Crippen molar-refractivity contribution in [2.24, 2.45) is 0 Å². The lowest BCUT2D eigenvalue weighted by Gasteiger charge is -2.26. The summed E-state index contributed by atoms with van der Waals surface area (Å²) in [5.41, 5.74) is 0. The van der Waals surface area contributed by atoms with E-state index in [1.807, 2.05) is 20.9 Å². The summed E-state index contributed by atoms with van der Waals surface area (Å²) in [4.78, 5) is 15.8. The van der Waals surface area contributed by atoms with Gasteiger partial charge in [-0.15, -0.1) is 0 Å². The molecule has 0 aromatic carbocycles. The molecule has 1 saturated heterocycles. The van der Waals surface area contributed by atoms with Crippen LogP contribution < -0.4 is 0 Å². The zero-order valence-corrected chi connectivity index (χ0v) is 10.9. The molecule has 0 aliphatic carbocycles. The summed E-state index contributed by atoms with van der Waals surface area (Å²) in [5, 5.41) is 0. The van der Waals surface area contributed by atoms with Crippen LogP contribution in [0.25, 0.3) is 0 Å². The van der Waals surface area contributed by atoms with Gasteiger partial charge >= 0.3 is 0 Å². The number of carbonyl (C=O) groups is 1. The third kappa shape index (κ3) is 4.10. The number of hydrogen-bond donors (Lipinski definition) is 0. The van der Waals surface area contributed by atoms with Crippen LogP contribution in [0.5, 0.6) is 0 Å². The molecule has 1 fully saturated rings. The van der Waals surface area contributed by atoms with Gasteiger partial charge in [0.15, 0.2) is 0 Å². The molecule has 0 spiro atoms. The molecular weight excluding hydrogens is 204 g/mol. The number of likely N-dealkylation sites (tertiary alicyclic amines) is 1. The highest BCUT2D eigenvalue weighted by Crippen LogP contribution is 2.15. The maximum Gasteiger partial charge on any atom is 0.248 e. The van der Waals surface area contributed by atoms with Crippen LogP contribution in [0, 0.1) is 0 Å². The molecule has 0 aromatic heterocycles. The Labute approximate surface area is 98.5 Å². The third-order valence-corrected chi connectivity index (χ3v) is 3.12. The average Bonchev–Trinajstić information content (AvgIpc) is 2.60. The summed E-state index contributed by atoms with van der Waals surface area (Å²) in [6, 6.07) is 0.521. The first-order chi connectivity index (χ1) is 7.50. The van der Waals surface area contributed by atoms with Gasteiger partial charge in [-0.2, -0.15) is 0 Å². The van der Waals surface area contributed by atoms with E-state index >= 15 is 0 Å². The summed E-state index contributed by atoms with van der Waals surface area (Å²) in [7, 11) is 3.98. The Bertz CT molecular complexity index is 231.